The lowest BCUT2D eigenvalue weighted by Crippen LogP contribution is -2.63. The number of piperazine rings is 1. The summed E-state index contributed by atoms with van der Waals surface area (Å²) in [5.74, 6) is -0.888. The van der Waals surface area contributed by atoms with Gasteiger partial charge in [-0.1, -0.05) is 84.9 Å². The van der Waals surface area contributed by atoms with E-state index >= 15 is 0 Å². The van der Waals surface area contributed by atoms with Crippen LogP contribution in [0, 0.1) is 5.82 Å². The summed E-state index contributed by atoms with van der Waals surface area (Å²) in [6.45, 7) is 5.88. The zero-order chi connectivity index (χ0) is 34.3. The smallest absolute Gasteiger partial charge is 0.245 e. The van der Waals surface area contributed by atoms with E-state index in [1.165, 1.54) is 12.1 Å². The quantitative estimate of drug-likeness (QED) is 0.210. The first-order valence-electron chi connectivity index (χ1n) is 17.0. The molecule has 4 atom stereocenters. The first kappa shape index (κ1) is 34.0. The summed E-state index contributed by atoms with van der Waals surface area (Å²) in [4.78, 5) is 45.4. The molecule has 2 aliphatic rings. The number of benzene rings is 4. The highest BCUT2D eigenvalue weighted by molar-refractivity contribution is 5.91. The van der Waals surface area contributed by atoms with Gasteiger partial charge in [0.05, 0.1) is 12.1 Å². The Morgan fingerprint density at radius 3 is 2.39 bits per heavy atom. The van der Waals surface area contributed by atoms with Crippen molar-refractivity contribution in [1.29, 1.82) is 0 Å². The van der Waals surface area contributed by atoms with E-state index in [-0.39, 0.29) is 36.0 Å². The zero-order valence-corrected chi connectivity index (χ0v) is 27.9. The van der Waals surface area contributed by atoms with Crippen LogP contribution in [0.2, 0.25) is 0 Å². The van der Waals surface area contributed by atoms with Crippen LogP contribution in [0.25, 0.3) is 10.8 Å². The van der Waals surface area contributed by atoms with E-state index in [1.807, 2.05) is 41.3 Å². The number of rotatable bonds is 11. The number of nitrogens with zero attached hydrogens (tertiary/aromatic N) is 2. The predicted molar refractivity (Wildman–Crippen MR) is 190 cm³/mol. The number of carbonyl (C=O) groups excluding carboxylic acids is 3. The van der Waals surface area contributed by atoms with Crippen molar-refractivity contribution < 1.29 is 18.8 Å². The molecule has 0 aliphatic carbocycles. The minimum Gasteiger partial charge on any atom is -0.358 e. The molecule has 0 radical (unpaired) electrons. The van der Waals surface area contributed by atoms with E-state index in [0.29, 0.717) is 45.4 Å². The van der Waals surface area contributed by atoms with Crippen molar-refractivity contribution in [3.8, 4) is 0 Å². The Morgan fingerprint density at radius 1 is 0.918 bits per heavy atom. The summed E-state index contributed by atoms with van der Waals surface area (Å²) < 4.78 is 13.8. The highest BCUT2D eigenvalue weighted by Gasteiger charge is 2.38. The second-order valence-electron chi connectivity index (χ2n) is 13.0. The standard InChI is InChI=1S/C40H44FN5O3/c1-3-8-34-26-45(37(39(48)42-2)23-28-13-16-29-9-4-5-10-30(29)21-28)19-20-46(34)40(49)36(22-27-14-17-33(41)18-15-27)44-38(47)35-24-31-11-6-7-12-32(31)25-43-35/h3-7,9-18,21,34-37,43H,1,8,19-20,22-26H2,2H3,(H,42,48)(H,44,47). The van der Waals surface area contributed by atoms with Crippen molar-refractivity contribution >= 4 is 28.5 Å². The third-order valence-corrected chi connectivity index (χ3v) is 9.83. The molecule has 4 aromatic rings. The van der Waals surface area contributed by atoms with Crippen LogP contribution in [-0.2, 0) is 40.2 Å². The average molecular weight is 662 g/mol. The number of amides is 3. The minimum atomic E-state index is -0.858. The summed E-state index contributed by atoms with van der Waals surface area (Å²) in [6, 6.07) is 26.5. The minimum absolute atomic E-state index is 0.0757. The monoisotopic (exact) mass is 661 g/mol. The van der Waals surface area contributed by atoms with Crippen LogP contribution in [0.4, 0.5) is 4.39 Å². The number of fused-ring (bicyclic) bond motifs is 2. The molecule has 0 bridgehead atoms. The third kappa shape index (κ3) is 8.07. The van der Waals surface area contributed by atoms with Gasteiger partial charge in [-0.25, -0.2) is 4.39 Å². The Kier molecular flexibility index (Phi) is 10.8. The molecule has 254 valence electrons. The predicted octanol–water partition coefficient (Wildman–Crippen LogP) is 4.17. The molecule has 0 spiro atoms. The SMILES string of the molecule is C=CCC1CN(C(Cc2ccc3ccccc3c2)C(=O)NC)CCN1C(=O)C(Cc1ccc(F)cc1)NC(=O)C1Cc2ccccc2CN1. The van der Waals surface area contributed by atoms with Crippen LogP contribution in [0.5, 0.6) is 0 Å². The Labute approximate surface area is 287 Å². The Bertz CT molecular complexity index is 1810. The van der Waals surface area contributed by atoms with Crippen LogP contribution in [-0.4, -0.2) is 78.4 Å². The van der Waals surface area contributed by atoms with Crippen molar-refractivity contribution in [2.45, 2.75) is 56.4 Å². The molecule has 8 nitrogen and oxygen atoms in total. The van der Waals surface area contributed by atoms with Gasteiger partial charge < -0.3 is 20.9 Å². The van der Waals surface area contributed by atoms with E-state index in [4.69, 9.17) is 0 Å². The summed E-state index contributed by atoms with van der Waals surface area (Å²) in [6.07, 6.45) is 3.59. The van der Waals surface area contributed by atoms with Gasteiger partial charge in [0.15, 0.2) is 0 Å². The van der Waals surface area contributed by atoms with Crippen LogP contribution in [0.1, 0.15) is 28.7 Å². The van der Waals surface area contributed by atoms with Gasteiger partial charge in [-0.3, -0.25) is 19.3 Å². The van der Waals surface area contributed by atoms with E-state index in [0.717, 1.165) is 33.0 Å². The number of hydrogen-bond acceptors (Lipinski definition) is 5. The molecule has 3 N–H and O–H groups in total. The fraction of sp³-hybridized carbons (Fsp3) is 0.325. The lowest BCUT2D eigenvalue weighted by Gasteiger charge is -2.45. The molecule has 3 amide bonds. The molecule has 2 heterocycles. The molecule has 4 aromatic carbocycles. The molecule has 2 aliphatic heterocycles. The average Bonchev–Trinajstić information content (AvgIpc) is 3.13. The van der Waals surface area contributed by atoms with E-state index < -0.39 is 18.1 Å². The second kappa shape index (κ2) is 15.6. The summed E-state index contributed by atoms with van der Waals surface area (Å²) in [7, 11) is 1.65. The lowest BCUT2D eigenvalue weighted by molar-refractivity contribution is -0.142. The summed E-state index contributed by atoms with van der Waals surface area (Å²) >= 11 is 0. The van der Waals surface area contributed by atoms with Gasteiger partial charge in [0.1, 0.15) is 11.9 Å². The number of likely N-dealkylation sites (N-methyl/N-ethyl adjacent to an activating group) is 1. The highest BCUT2D eigenvalue weighted by Crippen LogP contribution is 2.23. The third-order valence-electron chi connectivity index (χ3n) is 9.83. The largest absolute Gasteiger partial charge is 0.358 e. The molecule has 9 heteroatoms. The molecule has 1 fully saturated rings. The Morgan fingerprint density at radius 2 is 1.63 bits per heavy atom. The molecular formula is C40H44FN5O3. The Balaban J connectivity index is 1.20. The number of halogens is 1. The second-order valence-corrected chi connectivity index (χ2v) is 13.0. The van der Waals surface area contributed by atoms with Crippen LogP contribution >= 0.6 is 0 Å². The van der Waals surface area contributed by atoms with Crippen molar-refractivity contribution in [2.75, 3.05) is 26.7 Å². The Hall–Kier alpha value is -4.86. The molecule has 0 aromatic heterocycles. The first-order chi connectivity index (χ1) is 23.8. The van der Waals surface area contributed by atoms with Gasteiger partial charge in [-0.05, 0) is 64.4 Å². The van der Waals surface area contributed by atoms with Crippen molar-refractivity contribution in [3.05, 3.63) is 132 Å². The molecule has 6 rings (SSSR count). The van der Waals surface area contributed by atoms with E-state index in [2.05, 4.69) is 57.8 Å². The van der Waals surface area contributed by atoms with Gasteiger partial charge >= 0.3 is 0 Å². The molecule has 4 unspecified atom stereocenters. The molecule has 0 saturated carbocycles. The molecule has 1 saturated heterocycles. The van der Waals surface area contributed by atoms with Gasteiger partial charge in [-0.2, -0.15) is 0 Å². The highest BCUT2D eigenvalue weighted by atomic mass is 19.1. The number of hydrogen-bond donors (Lipinski definition) is 3. The van der Waals surface area contributed by atoms with E-state index in [9.17, 15) is 18.8 Å². The van der Waals surface area contributed by atoms with Crippen LogP contribution in [0.3, 0.4) is 0 Å². The van der Waals surface area contributed by atoms with Gasteiger partial charge in [0.25, 0.3) is 0 Å². The first-order valence-corrected chi connectivity index (χ1v) is 17.0. The number of nitrogens with one attached hydrogen (secondary N) is 3. The van der Waals surface area contributed by atoms with Gasteiger partial charge in [0, 0.05) is 45.7 Å². The topological polar surface area (TPSA) is 93.8 Å². The van der Waals surface area contributed by atoms with E-state index in [1.54, 1.807) is 25.3 Å². The number of carbonyl (C=O) groups is 3. The van der Waals surface area contributed by atoms with Crippen molar-refractivity contribution in [2.24, 2.45) is 0 Å². The summed E-state index contributed by atoms with van der Waals surface area (Å²) in [5, 5.41) is 11.5. The summed E-state index contributed by atoms with van der Waals surface area (Å²) in [5.41, 5.74) is 4.08. The fourth-order valence-electron chi connectivity index (χ4n) is 7.16. The lowest BCUT2D eigenvalue weighted by atomic mass is 9.94. The molecular weight excluding hydrogens is 617 g/mol. The van der Waals surface area contributed by atoms with Crippen molar-refractivity contribution in [1.82, 2.24) is 25.8 Å². The van der Waals surface area contributed by atoms with Crippen molar-refractivity contribution in [3.63, 3.8) is 0 Å². The van der Waals surface area contributed by atoms with Gasteiger partial charge in [-0.15, -0.1) is 6.58 Å². The van der Waals surface area contributed by atoms with Crippen LogP contribution < -0.4 is 16.0 Å². The molecule has 49 heavy (non-hydrogen) atoms. The maximum absolute atomic E-state index is 14.4. The van der Waals surface area contributed by atoms with Crippen LogP contribution in [0.15, 0.2) is 104 Å². The fourth-order valence-corrected chi connectivity index (χ4v) is 7.16. The maximum Gasteiger partial charge on any atom is 0.245 e. The van der Waals surface area contributed by atoms with Gasteiger partial charge in [0.2, 0.25) is 17.7 Å². The maximum atomic E-state index is 14.4. The normalized spacial score (nSPS) is 19.0. The zero-order valence-electron chi connectivity index (χ0n) is 27.9.